The first kappa shape index (κ1) is 15.7. The number of hydrogen-bond acceptors (Lipinski definition) is 5. The first-order valence-electron chi connectivity index (χ1n) is 7.48. The van der Waals surface area contributed by atoms with Gasteiger partial charge in [0.25, 0.3) is 11.8 Å². The predicted molar refractivity (Wildman–Crippen MR) is 88.6 cm³/mol. The van der Waals surface area contributed by atoms with E-state index in [0.717, 1.165) is 11.3 Å². The van der Waals surface area contributed by atoms with Crippen LogP contribution in [0.3, 0.4) is 0 Å². The Hall–Kier alpha value is -3.15. The molecule has 3 rings (SSSR count). The molecule has 0 saturated heterocycles. The van der Waals surface area contributed by atoms with Crippen molar-refractivity contribution in [3.8, 4) is 17.2 Å². The molecule has 3 aromatic rings. The summed E-state index contributed by atoms with van der Waals surface area (Å²) in [5.74, 6) is 1.41. The van der Waals surface area contributed by atoms with Gasteiger partial charge in [0.15, 0.2) is 5.82 Å². The lowest BCUT2D eigenvalue weighted by Crippen LogP contribution is -2.23. The van der Waals surface area contributed by atoms with E-state index >= 15 is 0 Å². The van der Waals surface area contributed by atoms with Crippen LogP contribution in [0.5, 0.6) is 5.75 Å². The molecule has 0 unspecified atom stereocenters. The number of nitrogens with zero attached hydrogens (tertiary/aromatic N) is 2. The molecule has 0 fully saturated rings. The van der Waals surface area contributed by atoms with Crippen LogP contribution in [0.25, 0.3) is 11.5 Å². The van der Waals surface area contributed by atoms with E-state index in [9.17, 15) is 4.79 Å². The Labute approximate surface area is 139 Å². The highest BCUT2D eigenvalue weighted by Crippen LogP contribution is 2.22. The molecule has 0 bridgehead atoms. The van der Waals surface area contributed by atoms with Crippen LogP contribution in [0.2, 0.25) is 0 Å². The largest absolute Gasteiger partial charge is 0.497 e. The Morgan fingerprint density at radius 1 is 1.21 bits per heavy atom. The van der Waals surface area contributed by atoms with E-state index in [-0.39, 0.29) is 5.91 Å². The highest BCUT2D eigenvalue weighted by atomic mass is 16.5. The molecule has 6 nitrogen and oxygen atoms in total. The van der Waals surface area contributed by atoms with Crippen LogP contribution in [-0.2, 0) is 6.54 Å². The molecule has 0 aliphatic rings. The van der Waals surface area contributed by atoms with Crippen molar-refractivity contribution in [1.82, 2.24) is 15.5 Å². The maximum absolute atomic E-state index is 12.5. The Morgan fingerprint density at radius 3 is 2.79 bits per heavy atom. The highest BCUT2D eigenvalue weighted by molar-refractivity contribution is 5.99. The number of nitrogens with one attached hydrogen (secondary N) is 1. The number of methoxy groups -OCH3 is 1. The zero-order chi connectivity index (χ0) is 16.9. The van der Waals surface area contributed by atoms with Crippen molar-refractivity contribution in [3.63, 3.8) is 0 Å². The number of aromatic nitrogens is 2. The molecule has 0 atom stereocenters. The minimum absolute atomic E-state index is 0.204. The number of benzene rings is 2. The molecule has 1 heterocycles. The maximum Gasteiger partial charge on any atom is 0.258 e. The van der Waals surface area contributed by atoms with Gasteiger partial charge >= 0.3 is 0 Å². The van der Waals surface area contributed by atoms with Crippen molar-refractivity contribution in [1.29, 1.82) is 0 Å². The Bertz CT molecular complexity index is 858. The second-order valence-corrected chi connectivity index (χ2v) is 5.23. The van der Waals surface area contributed by atoms with Gasteiger partial charge in [0.2, 0.25) is 0 Å². The van der Waals surface area contributed by atoms with Crippen LogP contribution in [0.4, 0.5) is 0 Å². The number of rotatable bonds is 5. The summed E-state index contributed by atoms with van der Waals surface area (Å²) in [6, 6.07) is 14.7. The molecule has 0 spiro atoms. The fourth-order valence-corrected chi connectivity index (χ4v) is 2.33. The Morgan fingerprint density at radius 2 is 2.04 bits per heavy atom. The first-order valence-corrected chi connectivity index (χ1v) is 7.48. The van der Waals surface area contributed by atoms with Crippen LogP contribution in [-0.4, -0.2) is 23.2 Å². The van der Waals surface area contributed by atoms with E-state index in [0.29, 0.717) is 29.4 Å². The topological polar surface area (TPSA) is 77.2 Å². The molecular formula is C18H17N3O3. The van der Waals surface area contributed by atoms with Crippen LogP contribution in [0.15, 0.2) is 53.1 Å². The SMILES string of the molecule is COc1cccc(CNC(=O)c2ccccc2-c2nc(C)no2)c1. The number of amides is 1. The fourth-order valence-electron chi connectivity index (χ4n) is 2.33. The van der Waals surface area contributed by atoms with Crippen molar-refractivity contribution >= 4 is 5.91 Å². The molecule has 6 heteroatoms. The molecule has 24 heavy (non-hydrogen) atoms. The number of hydrogen-bond donors (Lipinski definition) is 1. The minimum atomic E-state index is -0.204. The summed E-state index contributed by atoms with van der Waals surface area (Å²) < 4.78 is 10.4. The van der Waals surface area contributed by atoms with Gasteiger partial charge < -0.3 is 14.6 Å². The number of aryl methyl sites for hydroxylation is 1. The van der Waals surface area contributed by atoms with Gasteiger partial charge in [-0.15, -0.1) is 0 Å². The molecule has 1 amide bonds. The predicted octanol–water partition coefficient (Wildman–Crippen LogP) is 2.98. The molecule has 1 N–H and O–H groups in total. The highest BCUT2D eigenvalue weighted by Gasteiger charge is 2.16. The molecule has 0 saturated carbocycles. The van der Waals surface area contributed by atoms with Gasteiger partial charge in [-0.05, 0) is 36.8 Å². The monoisotopic (exact) mass is 323 g/mol. The zero-order valence-electron chi connectivity index (χ0n) is 13.4. The van der Waals surface area contributed by atoms with Crippen molar-refractivity contribution < 1.29 is 14.1 Å². The molecule has 2 aromatic carbocycles. The molecular weight excluding hydrogens is 306 g/mol. The Kier molecular flexibility index (Phi) is 4.56. The average Bonchev–Trinajstić information content (AvgIpc) is 3.06. The van der Waals surface area contributed by atoms with Gasteiger partial charge in [0.05, 0.1) is 18.2 Å². The summed E-state index contributed by atoms with van der Waals surface area (Å²) >= 11 is 0. The normalized spacial score (nSPS) is 10.4. The summed E-state index contributed by atoms with van der Waals surface area (Å²) in [7, 11) is 1.61. The molecule has 0 radical (unpaired) electrons. The zero-order valence-corrected chi connectivity index (χ0v) is 13.4. The summed E-state index contributed by atoms with van der Waals surface area (Å²) in [5.41, 5.74) is 2.05. The van der Waals surface area contributed by atoms with Crippen molar-refractivity contribution in [2.24, 2.45) is 0 Å². The molecule has 1 aromatic heterocycles. The minimum Gasteiger partial charge on any atom is -0.497 e. The summed E-state index contributed by atoms with van der Waals surface area (Å²) in [5, 5.41) is 6.67. The smallest absolute Gasteiger partial charge is 0.258 e. The van der Waals surface area contributed by atoms with Gasteiger partial charge in [-0.3, -0.25) is 4.79 Å². The molecule has 122 valence electrons. The van der Waals surface area contributed by atoms with Crippen LogP contribution in [0.1, 0.15) is 21.7 Å². The lowest BCUT2D eigenvalue weighted by Gasteiger charge is -2.09. The molecule has 0 aliphatic heterocycles. The Balaban J connectivity index is 1.78. The first-order chi connectivity index (χ1) is 11.7. The third-order valence-electron chi connectivity index (χ3n) is 3.52. The lowest BCUT2D eigenvalue weighted by molar-refractivity contribution is 0.0951. The van der Waals surface area contributed by atoms with Crippen molar-refractivity contribution in [3.05, 3.63) is 65.5 Å². The van der Waals surface area contributed by atoms with E-state index in [1.165, 1.54) is 0 Å². The quantitative estimate of drug-likeness (QED) is 0.781. The van der Waals surface area contributed by atoms with E-state index in [1.54, 1.807) is 32.2 Å². The van der Waals surface area contributed by atoms with E-state index in [2.05, 4.69) is 15.5 Å². The number of ether oxygens (including phenoxy) is 1. The second kappa shape index (κ2) is 6.95. The van der Waals surface area contributed by atoms with E-state index in [1.807, 2.05) is 30.3 Å². The van der Waals surface area contributed by atoms with Gasteiger partial charge in [-0.2, -0.15) is 4.98 Å². The van der Waals surface area contributed by atoms with Gasteiger partial charge in [0.1, 0.15) is 5.75 Å². The van der Waals surface area contributed by atoms with Crippen LogP contribution < -0.4 is 10.1 Å². The van der Waals surface area contributed by atoms with Crippen molar-refractivity contribution in [2.75, 3.05) is 7.11 Å². The van der Waals surface area contributed by atoms with Crippen LogP contribution in [0, 0.1) is 6.92 Å². The third-order valence-corrected chi connectivity index (χ3v) is 3.52. The van der Waals surface area contributed by atoms with Gasteiger partial charge in [-0.1, -0.05) is 29.4 Å². The summed E-state index contributed by atoms with van der Waals surface area (Å²) in [4.78, 5) is 16.7. The fraction of sp³-hybridized carbons (Fsp3) is 0.167. The van der Waals surface area contributed by atoms with E-state index in [4.69, 9.17) is 9.26 Å². The standard InChI is InChI=1S/C18H17N3O3/c1-12-20-18(24-21-12)16-9-4-3-8-15(16)17(22)19-11-13-6-5-7-14(10-13)23-2/h3-10H,11H2,1-2H3,(H,19,22). The second-order valence-electron chi connectivity index (χ2n) is 5.23. The van der Waals surface area contributed by atoms with Gasteiger partial charge in [-0.25, -0.2) is 0 Å². The lowest BCUT2D eigenvalue weighted by atomic mass is 10.1. The van der Waals surface area contributed by atoms with Crippen molar-refractivity contribution in [2.45, 2.75) is 13.5 Å². The third kappa shape index (κ3) is 3.43. The summed E-state index contributed by atoms with van der Waals surface area (Å²) in [6.07, 6.45) is 0. The molecule has 0 aliphatic carbocycles. The van der Waals surface area contributed by atoms with Gasteiger partial charge in [0, 0.05) is 6.54 Å². The number of carbonyl (C=O) groups is 1. The average molecular weight is 323 g/mol. The summed E-state index contributed by atoms with van der Waals surface area (Å²) in [6.45, 7) is 2.13. The van der Waals surface area contributed by atoms with E-state index < -0.39 is 0 Å². The number of carbonyl (C=O) groups excluding carboxylic acids is 1. The maximum atomic E-state index is 12.5. The van der Waals surface area contributed by atoms with Crippen LogP contribution >= 0.6 is 0 Å².